The van der Waals surface area contributed by atoms with Crippen LogP contribution in [0.1, 0.15) is 52.0 Å². The summed E-state index contributed by atoms with van der Waals surface area (Å²) in [5, 5.41) is 3.63. The van der Waals surface area contributed by atoms with Crippen molar-refractivity contribution in [1.82, 2.24) is 5.32 Å². The number of hydrogen-bond donors (Lipinski definition) is 1. The minimum absolute atomic E-state index is 0.686. The first-order valence-corrected chi connectivity index (χ1v) is 8.24. The van der Waals surface area contributed by atoms with Crippen molar-refractivity contribution in [3.63, 3.8) is 0 Å². The Morgan fingerprint density at radius 1 is 1.10 bits per heavy atom. The van der Waals surface area contributed by atoms with Gasteiger partial charge in [-0.25, -0.2) is 0 Å². The molecule has 0 saturated carbocycles. The van der Waals surface area contributed by atoms with E-state index in [0.29, 0.717) is 6.04 Å². The van der Waals surface area contributed by atoms with Gasteiger partial charge >= 0.3 is 0 Å². The largest absolute Gasteiger partial charge is 0.375 e. The summed E-state index contributed by atoms with van der Waals surface area (Å²) in [4.78, 5) is 2.37. The van der Waals surface area contributed by atoms with Crippen LogP contribution in [-0.4, -0.2) is 26.2 Å². The summed E-state index contributed by atoms with van der Waals surface area (Å²) >= 11 is 0. The number of benzene rings is 1. The van der Waals surface area contributed by atoms with Crippen molar-refractivity contribution in [2.75, 3.05) is 25.0 Å². The Morgan fingerprint density at radius 3 is 2.35 bits per heavy atom. The summed E-state index contributed by atoms with van der Waals surface area (Å²) in [6.07, 6.45) is 6.09. The van der Waals surface area contributed by atoms with E-state index in [1.807, 2.05) is 0 Å². The van der Waals surface area contributed by atoms with Crippen molar-refractivity contribution < 1.29 is 0 Å². The maximum atomic E-state index is 3.63. The lowest BCUT2D eigenvalue weighted by Crippen LogP contribution is -2.30. The van der Waals surface area contributed by atoms with Crippen LogP contribution < -0.4 is 10.2 Å². The lowest BCUT2D eigenvalue weighted by molar-refractivity contribution is 0.457. The first-order chi connectivity index (χ1) is 9.71. The summed E-state index contributed by atoms with van der Waals surface area (Å²) in [6.45, 7) is 8.99. The molecule has 2 heteroatoms. The molecule has 2 nitrogen and oxygen atoms in total. The standard InChI is InChI=1S/C18H32N2/c1-5-14-19-17(7-3)9-8-15-20(4)18-12-10-16(6-2)11-13-18/h10-13,17,19H,5-9,14-15H2,1-4H3. The summed E-state index contributed by atoms with van der Waals surface area (Å²) < 4.78 is 0. The number of rotatable bonds is 10. The summed E-state index contributed by atoms with van der Waals surface area (Å²) in [6, 6.07) is 9.65. The molecule has 0 aliphatic rings. The molecule has 114 valence electrons. The molecule has 0 aromatic heterocycles. The Balaban J connectivity index is 2.32. The average molecular weight is 276 g/mol. The quantitative estimate of drug-likeness (QED) is 0.687. The Bertz CT molecular complexity index is 345. The molecule has 1 aromatic rings. The number of nitrogens with one attached hydrogen (secondary N) is 1. The molecule has 0 fully saturated rings. The van der Waals surface area contributed by atoms with E-state index in [0.717, 1.165) is 19.5 Å². The van der Waals surface area contributed by atoms with Crippen LogP contribution in [0.15, 0.2) is 24.3 Å². The highest BCUT2D eigenvalue weighted by atomic mass is 15.1. The van der Waals surface area contributed by atoms with Crippen molar-refractivity contribution in [1.29, 1.82) is 0 Å². The van der Waals surface area contributed by atoms with E-state index in [2.05, 4.69) is 62.3 Å². The Kier molecular flexibility index (Phi) is 8.36. The zero-order chi connectivity index (χ0) is 14.8. The third kappa shape index (κ3) is 5.96. The van der Waals surface area contributed by atoms with E-state index in [1.165, 1.54) is 36.9 Å². The summed E-state index contributed by atoms with van der Waals surface area (Å²) in [5.74, 6) is 0. The van der Waals surface area contributed by atoms with E-state index >= 15 is 0 Å². The first kappa shape index (κ1) is 17.0. The molecule has 0 aliphatic carbocycles. The van der Waals surface area contributed by atoms with Gasteiger partial charge in [-0.05, 0) is 56.3 Å². The molecule has 0 amide bonds. The molecule has 1 rings (SSSR count). The van der Waals surface area contributed by atoms with E-state index in [-0.39, 0.29) is 0 Å². The molecule has 0 aliphatic heterocycles. The highest BCUT2D eigenvalue weighted by Crippen LogP contribution is 2.15. The molecular weight excluding hydrogens is 244 g/mol. The smallest absolute Gasteiger partial charge is 0.0363 e. The predicted octanol–water partition coefficient (Wildman–Crippen LogP) is 4.24. The van der Waals surface area contributed by atoms with Crippen LogP contribution in [0, 0.1) is 0 Å². The molecule has 1 unspecified atom stereocenters. The number of nitrogens with zero attached hydrogens (tertiary/aromatic N) is 1. The third-order valence-electron chi connectivity index (χ3n) is 4.01. The van der Waals surface area contributed by atoms with Crippen LogP contribution in [0.4, 0.5) is 5.69 Å². The third-order valence-corrected chi connectivity index (χ3v) is 4.01. The molecule has 0 heterocycles. The average Bonchev–Trinajstić information content (AvgIpc) is 2.50. The van der Waals surface area contributed by atoms with Gasteiger partial charge in [0.15, 0.2) is 0 Å². The SMILES string of the molecule is CCCNC(CC)CCCN(C)c1ccc(CC)cc1. The van der Waals surface area contributed by atoms with Crippen molar-refractivity contribution in [3.05, 3.63) is 29.8 Å². The first-order valence-electron chi connectivity index (χ1n) is 8.24. The van der Waals surface area contributed by atoms with Gasteiger partial charge in [0.25, 0.3) is 0 Å². The van der Waals surface area contributed by atoms with Crippen molar-refractivity contribution >= 4 is 5.69 Å². The highest BCUT2D eigenvalue weighted by molar-refractivity contribution is 5.46. The van der Waals surface area contributed by atoms with Crippen molar-refractivity contribution in [2.45, 2.75) is 58.9 Å². The summed E-state index contributed by atoms with van der Waals surface area (Å²) in [5.41, 5.74) is 2.74. The van der Waals surface area contributed by atoms with Gasteiger partial charge in [0, 0.05) is 25.3 Å². The molecule has 1 aromatic carbocycles. The molecule has 0 spiro atoms. The Labute approximate surface area is 125 Å². The second kappa shape index (κ2) is 9.82. The van der Waals surface area contributed by atoms with E-state index in [1.54, 1.807) is 0 Å². The van der Waals surface area contributed by atoms with E-state index in [4.69, 9.17) is 0 Å². The van der Waals surface area contributed by atoms with Crippen LogP contribution in [-0.2, 0) is 6.42 Å². The zero-order valence-corrected chi connectivity index (χ0v) is 13.8. The van der Waals surface area contributed by atoms with Crippen molar-refractivity contribution in [3.8, 4) is 0 Å². The molecule has 1 atom stereocenters. The minimum Gasteiger partial charge on any atom is -0.375 e. The van der Waals surface area contributed by atoms with Crippen LogP contribution >= 0.6 is 0 Å². The Hall–Kier alpha value is -1.02. The molecular formula is C18H32N2. The van der Waals surface area contributed by atoms with Crippen LogP contribution in [0.25, 0.3) is 0 Å². The fourth-order valence-corrected chi connectivity index (χ4v) is 2.49. The molecule has 0 bridgehead atoms. The minimum atomic E-state index is 0.686. The van der Waals surface area contributed by atoms with Gasteiger partial charge in [-0.15, -0.1) is 0 Å². The van der Waals surface area contributed by atoms with Gasteiger partial charge < -0.3 is 10.2 Å². The molecule has 1 N–H and O–H groups in total. The second-order valence-corrected chi connectivity index (χ2v) is 5.64. The zero-order valence-electron chi connectivity index (χ0n) is 13.8. The monoisotopic (exact) mass is 276 g/mol. The molecule has 0 radical (unpaired) electrons. The second-order valence-electron chi connectivity index (χ2n) is 5.64. The van der Waals surface area contributed by atoms with Gasteiger partial charge in [0.2, 0.25) is 0 Å². The molecule has 0 saturated heterocycles. The lowest BCUT2D eigenvalue weighted by atomic mass is 10.1. The van der Waals surface area contributed by atoms with Gasteiger partial charge in [-0.3, -0.25) is 0 Å². The van der Waals surface area contributed by atoms with E-state index < -0.39 is 0 Å². The van der Waals surface area contributed by atoms with Gasteiger partial charge in [-0.2, -0.15) is 0 Å². The van der Waals surface area contributed by atoms with E-state index in [9.17, 15) is 0 Å². The van der Waals surface area contributed by atoms with Crippen LogP contribution in [0.2, 0.25) is 0 Å². The predicted molar refractivity (Wildman–Crippen MR) is 90.7 cm³/mol. The fraction of sp³-hybridized carbons (Fsp3) is 0.667. The van der Waals surface area contributed by atoms with Gasteiger partial charge in [0.1, 0.15) is 0 Å². The molecule has 20 heavy (non-hydrogen) atoms. The van der Waals surface area contributed by atoms with Crippen LogP contribution in [0.5, 0.6) is 0 Å². The topological polar surface area (TPSA) is 15.3 Å². The number of hydrogen-bond acceptors (Lipinski definition) is 2. The normalized spacial score (nSPS) is 12.4. The number of aryl methyl sites for hydroxylation is 1. The maximum Gasteiger partial charge on any atom is 0.0363 e. The fourth-order valence-electron chi connectivity index (χ4n) is 2.49. The Morgan fingerprint density at radius 2 is 1.80 bits per heavy atom. The van der Waals surface area contributed by atoms with Gasteiger partial charge in [0.05, 0.1) is 0 Å². The van der Waals surface area contributed by atoms with Gasteiger partial charge in [-0.1, -0.05) is 32.9 Å². The summed E-state index contributed by atoms with van der Waals surface area (Å²) in [7, 11) is 2.20. The van der Waals surface area contributed by atoms with Crippen LogP contribution in [0.3, 0.4) is 0 Å². The number of anilines is 1. The lowest BCUT2D eigenvalue weighted by Gasteiger charge is -2.22. The highest BCUT2D eigenvalue weighted by Gasteiger charge is 2.06. The maximum absolute atomic E-state index is 3.63. The van der Waals surface area contributed by atoms with Crippen molar-refractivity contribution in [2.24, 2.45) is 0 Å².